The highest BCUT2D eigenvalue weighted by Gasteiger charge is 2.20. The molecule has 0 aliphatic heterocycles. The summed E-state index contributed by atoms with van der Waals surface area (Å²) < 4.78 is 0. The highest BCUT2D eigenvalue weighted by atomic mass is 16.3. The number of nitrogens with one attached hydrogen (secondary N) is 2. The van der Waals surface area contributed by atoms with Crippen molar-refractivity contribution in [3.63, 3.8) is 0 Å². The van der Waals surface area contributed by atoms with E-state index in [-0.39, 0.29) is 12.5 Å². The molecule has 1 amide bonds. The molecule has 1 atom stereocenters. The number of aromatic amines is 1. The number of nitrogens with two attached hydrogens (primary N) is 1. The van der Waals surface area contributed by atoms with Crippen LogP contribution in [0.5, 0.6) is 0 Å². The maximum absolute atomic E-state index is 12.1. The molecule has 0 bridgehead atoms. The van der Waals surface area contributed by atoms with Gasteiger partial charge in [-0.3, -0.25) is 4.79 Å². The fourth-order valence-electron chi connectivity index (χ4n) is 2.27. The number of hydrogen-bond acceptors (Lipinski definition) is 3. The summed E-state index contributed by atoms with van der Waals surface area (Å²) in [6, 6.07) is 7.20. The molecule has 2 aromatic rings. The Bertz CT molecular complexity index is 617. The summed E-state index contributed by atoms with van der Waals surface area (Å²) in [6.07, 6.45) is 1.52. The Kier molecular flexibility index (Phi) is 3.99. The van der Waals surface area contributed by atoms with Crippen molar-refractivity contribution in [2.75, 3.05) is 12.3 Å². The van der Waals surface area contributed by atoms with Gasteiger partial charge < -0.3 is 21.1 Å². The first kappa shape index (κ1) is 14.4. The summed E-state index contributed by atoms with van der Waals surface area (Å²) in [7, 11) is 0. The number of hydrogen-bond donors (Lipinski definition) is 4. The van der Waals surface area contributed by atoms with Crippen LogP contribution in [0, 0.1) is 0 Å². The van der Waals surface area contributed by atoms with Gasteiger partial charge in [0.2, 0.25) is 0 Å². The van der Waals surface area contributed by atoms with Crippen LogP contribution in [0.2, 0.25) is 0 Å². The van der Waals surface area contributed by atoms with Crippen LogP contribution in [-0.4, -0.2) is 28.1 Å². The lowest BCUT2D eigenvalue weighted by Gasteiger charge is -2.22. The molecule has 5 heteroatoms. The molecule has 5 N–H and O–H groups in total. The van der Waals surface area contributed by atoms with Crippen molar-refractivity contribution >= 4 is 22.5 Å². The van der Waals surface area contributed by atoms with Crippen LogP contribution in [0.4, 0.5) is 5.69 Å². The SMILES string of the molecule is CCCC(C)(O)CNC(=O)c1cc2cc(N)ccc2[nH]1. The van der Waals surface area contributed by atoms with Gasteiger partial charge >= 0.3 is 0 Å². The van der Waals surface area contributed by atoms with Gasteiger partial charge in [0.15, 0.2) is 0 Å². The third-order valence-corrected chi connectivity index (χ3v) is 3.31. The molecule has 0 radical (unpaired) electrons. The second kappa shape index (κ2) is 5.54. The van der Waals surface area contributed by atoms with E-state index in [1.54, 1.807) is 19.1 Å². The van der Waals surface area contributed by atoms with Crippen LogP contribution in [0.25, 0.3) is 10.9 Å². The molecule has 0 spiro atoms. The van der Waals surface area contributed by atoms with Crippen molar-refractivity contribution in [3.05, 3.63) is 30.0 Å². The zero-order chi connectivity index (χ0) is 14.8. The minimum absolute atomic E-state index is 0.226. The predicted molar refractivity (Wildman–Crippen MR) is 80.6 cm³/mol. The zero-order valence-electron chi connectivity index (χ0n) is 11.9. The topological polar surface area (TPSA) is 91.1 Å². The van der Waals surface area contributed by atoms with Gasteiger partial charge in [-0.1, -0.05) is 13.3 Å². The van der Waals surface area contributed by atoms with E-state index in [0.29, 0.717) is 17.8 Å². The first-order chi connectivity index (χ1) is 9.41. The number of aromatic nitrogens is 1. The monoisotopic (exact) mass is 275 g/mol. The molecule has 1 heterocycles. The molecular weight excluding hydrogens is 254 g/mol. The Morgan fingerprint density at radius 2 is 2.20 bits per heavy atom. The van der Waals surface area contributed by atoms with E-state index >= 15 is 0 Å². The van der Waals surface area contributed by atoms with E-state index in [4.69, 9.17) is 5.73 Å². The molecule has 2 rings (SSSR count). The van der Waals surface area contributed by atoms with Crippen LogP contribution in [0.3, 0.4) is 0 Å². The number of aliphatic hydroxyl groups is 1. The fraction of sp³-hybridized carbons (Fsp3) is 0.400. The molecule has 0 aliphatic rings. The van der Waals surface area contributed by atoms with Crippen LogP contribution in [0.1, 0.15) is 37.2 Å². The van der Waals surface area contributed by atoms with Crippen molar-refractivity contribution in [3.8, 4) is 0 Å². The highest BCUT2D eigenvalue weighted by Crippen LogP contribution is 2.18. The van der Waals surface area contributed by atoms with E-state index in [9.17, 15) is 9.90 Å². The lowest BCUT2D eigenvalue weighted by atomic mass is 10.0. The average Bonchev–Trinajstić information content (AvgIpc) is 2.79. The van der Waals surface area contributed by atoms with Gasteiger partial charge in [-0.25, -0.2) is 0 Å². The largest absolute Gasteiger partial charge is 0.399 e. The smallest absolute Gasteiger partial charge is 0.267 e. The van der Waals surface area contributed by atoms with Gasteiger partial charge in [-0.05, 0) is 37.6 Å². The summed E-state index contributed by atoms with van der Waals surface area (Å²) in [5.74, 6) is -0.226. The van der Waals surface area contributed by atoms with Gasteiger partial charge in [0.25, 0.3) is 5.91 Å². The quantitative estimate of drug-likeness (QED) is 0.629. The number of anilines is 1. The number of carbonyl (C=O) groups excluding carboxylic acids is 1. The van der Waals surface area contributed by atoms with Crippen molar-refractivity contribution < 1.29 is 9.90 Å². The molecule has 20 heavy (non-hydrogen) atoms. The number of amides is 1. The highest BCUT2D eigenvalue weighted by molar-refractivity contribution is 5.98. The molecule has 5 nitrogen and oxygen atoms in total. The maximum atomic E-state index is 12.1. The van der Waals surface area contributed by atoms with Gasteiger partial charge in [0.05, 0.1) is 5.60 Å². The van der Waals surface area contributed by atoms with Gasteiger partial charge in [0, 0.05) is 23.1 Å². The van der Waals surface area contributed by atoms with Crippen molar-refractivity contribution in [2.24, 2.45) is 0 Å². The second-order valence-electron chi connectivity index (χ2n) is 5.46. The first-order valence-electron chi connectivity index (χ1n) is 6.80. The Morgan fingerprint density at radius 3 is 2.90 bits per heavy atom. The summed E-state index contributed by atoms with van der Waals surface area (Å²) in [5.41, 5.74) is 6.83. The van der Waals surface area contributed by atoms with E-state index < -0.39 is 5.60 Å². The number of nitrogen functional groups attached to an aromatic ring is 1. The van der Waals surface area contributed by atoms with Gasteiger partial charge in [-0.2, -0.15) is 0 Å². The van der Waals surface area contributed by atoms with Crippen molar-refractivity contribution in [1.29, 1.82) is 0 Å². The van der Waals surface area contributed by atoms with E-state index in [1.807, 2.05) is 19.1 Å². The van der Waals surface area contributed by atoms with E-state index in [2.05, 4.69) is 10.3 Å². The summed E-state index contributed by atoms with van der Waals surface area (Å²) in [5, 5.41) is 13.7. The third kappa shape index (κ3) is 3.30. The lowest BCUT2D eigenvalue weighted by Crippen LogP contribution is -2.40. The number of rotatable bonds is 5. The minimum Gasteiger partial charge on any atom is -0.399 e. The Morgan fingerprint density at radius 1 is 1.45 bits per heavy atom. The predicted octanol–water partition coefficient (Wildman–Crippen LogP) is 2.03. The van der Waals surface area contributed by atoms with E-state index in [0.717, 1.165) is 17.3 Å². The Balaban J connectivity index is 2.08. The lowest BCUT2D eigenvalue weighted by molar-refractivity contribution is 0.0468. The molecule has 0 fully saturated rings. The number of fused-ring (bicyclic) bond motifs is 1. The Hall–Kier alpha value is -2.01. The standard InChI is InChI=1S/C15H21N3O2/c1-3-6-15(2,20)9-17-14(19)13-8-10-7-11(16)4-5-12(10)18-13/h4-5,7-8,18,20H,3,6,9,16H2,1-2H3,(H,17,19). The fourth-order valence-corrected chi connectivity index (χ4v) is 2.27. The number of benzene rings is 1. The van der Waals surface area contributed by atoms with Crippen LogP contribution in [0.15, 0.2) is 24.3 Å². The molecule has 1 aromatic carbocycles. The van der Waals surface area contributed by atoms with Gasteiger partial charge in [0.1, 0.15) is 5.69 Å². The van der Waals surface area contributed by atoms with Gasteiger partial charge in [-0.15, -0.1) is 0 Å². The molecule has 0 saturated heterocycles. The number of carbonyl (C=O) groups is 1. The molecule has 0 saturated carbocycles. The molecule has 1 unspecified atom stereocenters. The van der Waals surface area contributed by atoms with Crippen molar-refractivity contribution in [1.82, 2.24) is 10.3 Å². The van der Waals surface area contributed by atoms with Crippen LogP contribution in [-0.2, 0) is 0 Å². The zero-order valence-corrected chi connectivity index (χ0v) is 11.9. The Labute approximate surface area is 118 Å². The van der Waals surface area contributed by atoms with Crippen LogP contribution >= 0.6 is 0 Å². The van der Waals surface area contributed by atoms with E-state index in [1.165, 1.54) is 0 Å². The number of H-pyrrole nitrogens is 1. The molecule has 0 aliphatic carbocycles. The summed E-state index contributed by atoms with van der Waals surface area (Å²) in [6.45, 7) is 3.96. The first-order valence-corrected chi connectivity index (χ1v) is 6.80. The second-order valence-corrected chi connectivity index (χ2v) is 5.46. The minimum atomic E-state index is -0.874. The molecular formula is C15H21N3O2. The average molecular weight is 275 g/mol. The van der Waals surface area contributed by atoms with Crippen LogP contribution < -0.4 is 11.1 Å². The molecule has 108 valence electrons. The molecule has 1 aromatic heterocycles. The maximum Gasteiger partial charge on any atom is 0.267 e. The summed E-state index contributed by atoms with van der Waals surface area (Å²) >= 11 is 0. The third-order valence-electron chi connectivity index (χ3n) is 3.31. The summed E-state index contributed by atoms with van der Waals surface area (Å²) in [4.78, 5) is 15.1. The normalized spacial score (nSPS) is 14.2. The van der Waals surface area contributed by atoms with Crippen molar-refractivity contribution in [2.45, 2.75) is 32.3 Å².